The molecular weight excluding hydrogens is 236 g/mol. The molecule has 1 unspecified atom stereocenters. The van der Waals surface area contributed by atoms with Crippen LogP contribution in [0, 0.1) is 6.92 Å². The highest BCUT2D eigenvalue weighted by Crippen LogP contribution is 2.05. The van der Waals surface area contributed by atoms with E-state index in [1.807, 2.05) is 13.0 Å². The van der Waals surface area contributed by atoms with Gasteiger partial charge in [0.25, 0.3) is 0 Å². The maximum Gasteiger partial charge on any atom is 0.337 e. The molecule has 3 N–H and O–H groups in total. The van der Waals surface area contributed by atoms with E-state index in [2.05, 4.69) is 10.3 Å². The van der Waals surface area contributed by atoms with Crippen molar-refractivity contribution in [1.29, 1.82) is 0 Å². The maximum absolute atomic E-state index is 11.6. The molecule has 0 saturated heterocycles. The van der Waals surface area contributed by atoms with Crippen molar-refractivity contribution in [2.75, 3.05) is 6.54 Å². The summed E-state index contributed by atoms with van der Waals surface area (Å²) in [5.41, 5.74) is -0.447. The summed E-state index contributed by atoms with van der Waals surface area (Å²) < 4.78 is 0. The summed E-state index contributed by atoms with van der Waals surface area (Å²) in [6.07, 6.45) is 1.64. The molecule has 1 rings (SSSR count). The van der Waals surface area contributed by atoms with Crippen molar-refractivity contribution in [2.24, 2.45) is 0 Å². The average molecular weight is 252 g/mol. The van der Waals surface area contributed by atoms with Gasteiger partial charge in [0.15, 0.2) is 5.60 Å². The Hall–Kier alpha value is -1.95. The summed E-state index contributed by atoms with van der Waals surface area (Å²) in [7, 11) is 0. The summed E-state index contributed by atoms with van der Waals surface area (Å²) in [4.78, 5) is 26.3. The first-order chi connectivity index (χ1) is 8.33. The van der Waals surface area contributed by atoms with Crippen LogP contribution in [0.25, 0.3) is 0 Å². The molecule has 6 heteroatoms. The van der Waals surface area contributed by atoms with E-state index >= 15 is 0 Å². The van der Waals surface area contributed by atoms with Crippen LogP contribution in [0.4, 0.5) is 0 Å². The van der Waals surface area contributed by atoms with Crippen LogP contribution < -0.4 is 5.32 Å². The highest BCUT2D eigenvalue weighted by molar-refractivity contribution is 5.81. The third-order valence-corrected chi connectivity index (χ3v) is 2.54. The molecule has 0 spiro atoms. The Morgan fingerprint density at radius 3 is 2.72 bits per heavy atom. The minimum Gasteiger partial charge on any atom is -0.479 e. The van der Waals surface area contributed by atoms with Crippen LogP contribution in [0.1, 0.15) is 18.2 Å². The Morgan fingerprint density at radius 2 is 2.17 bits per heavy atom. The first kappa shape index (κ1) is 14.1. The smallest absolute Gasteiger partial charge is 0.337 e. The zero-order valence-corrected chi connectivity index (χ0v) is 10.3. The third-order valence-electron chi connectivity index (χ3n) is 2.54. The quantitative estimate of drug-likeness (QED) is 0.678. The van der Waals surface area contributed by atoms with Gasteiger partial charge in [0.1, 0.15) is 0 Å². The van der Waals surface area contributed by atoms with E-state index in [9.17, 15) is 14.7 Å². The molecule has 1 atom stereocenters. The van der Waals surface area contributed by atoms with Crippen LogP contribution in [-0.2, 0) is 16.0 Å². The molecule has 6 nitrogen and oxygen atoms in total. The number of carboxylic acids is 1. The lowest BCUT2D eigenvalue weighted by atomic mass is 10.1. The number of carboxylic acid groups (broad SMARTS) is 1. The van der Waals surface area contributed by atoms with Gasteiger partial charge in [-0.3, -0.25) is 9.78 Å². The Morgan fingerprint density at radius 1 is 1.50 bits per heavy atom. The molecule has 0 radical (unpaired) electrons. The number of hydrogen-bond donors (Lipinski definition) is 3. The molecule has 1 aromatic heterocycles. The lowest BCUT2D eigenvalue weighted by Crippen LogP contribution is -2.46. The number of aliphatic carboxylic acids is 1. The number of nitrogens with one attached hydrogen (secondary N) is 1. The van der Waals surface area contributed by atoms with Crippen molar-refractivity contribution in [3.8, 4) is 0 Å². The highest BCUT2D eigenvalue weighted by atomic mass is 16.4. The van der Waals surface area contributed by atoms with Crippen LogP contribution >= 0.6 is 0 Å². The first-order valence-corrected chi connectivity index (χ1v) is 5.46. The molecule has 98 valence electrons. The first-order valence-electron chi connectivity index (χ1n) is 5.46. The van der Waals surface area contributed by atoms with Gasteiger partial charge in [-0.25, -0.2) is 4.79 Å². The summed E-state index contributed by atoms with van der Waals surface area (Å²) >= 11 is 0. The predicted molar refractivity (Wildman–Crippen MR) is 63.9 cm³/mol. The van der Waals surface area contributed by atoms with E-state index in [-0.39, 0.29) is 18.9 Å². The largest absolute Gasteiger partial charge is 0.479 e. The molecule has 1 amide bonds. The van der Waals surface area contributed by atoms with E-state index in [0.717, 1.165) is 12.5 Å². The van der Waals surface area contributed by atoms with E-state index in [1.165, 1.54) is 0 Å². The van der Waals surface area contributed by atoms with Crippen molar-refractivity contribution < 1.29 is 19.8 Å². The lowest BCUT2D eigenvalue weighted by molar-refractivity contribution is -0.156. The molecule has 0 aromatic carbocycles. The average Bonchev–Trinajstić information content (AvgIpc) is 2.29. The molecule has 1 aromatic rings. The van der Waals surface area contributed by atoms with Crippen molar-refractivity contribution in [3.63, 3.8) is 0 Å². The second-order valence-electron chi connectivity index (χ2n) is 4.30. The van der Waals surface area contributed by atoms with Crippen LogP contribution in [-0.4, -0.2) is 39.2 Å². The van der Waals surface area contributed by atoms with Crippen LogP contribution in [0.15, 0.2) is 18.3 Å². The van der Waals surface area contributed by atoms with E-state index in [0.29, 0.717) is 5.69 Å². The summed E-state index contributed by atoms with van der Waals surface area (Å²) in [6.45, 7) is 2.62. The molecule has 18 heavy (non-hydrogen) atoms. The summed E-state index contributed by atoms with van der Waals surface area (Å²) in [6, 6.07) is 3.61. The van der Waals surface area contributed by atoms with Crippen molar-refractivity contribution >= 4 is 11.9 Å². The molecule has 0 aliphatic rings. The maximum atomic E-state index is 11.6. The Labute approximate surface area is 105 Å². The topological polar surface area (TPSA) is 99.5 Å². The van der Waals surface area contributed by atoms with Gasteiger partial charge >= 0.3 is 5.97 Å². The number of pyridine rings is 1. The Kier molecular flexibility index (Phi) is 4.38. The number of carbonyl (C=O) groups is 2. The van der Waals surface area contributed by atoms with E-state index in [1.54, 1.807) is 12.3 Å². The summed E-state index contributed by atoms with van der Waals surface area (Å²) in [5.74, 6) is -1.75. The fraction of sp³-hybridized carbons (Fsp3) is 0.417. The number of hydrogen-bond acceptors (Lipinski definition) is 4. The summed E-state index contributed by atoms with van der Waals surface area (Å²) in [5, 5.41) is 20.5. The number of rotatable bonds is 5. The standard InChI is InChI=1S/C12H16N2O4/c1-8-4-3-5-13-9(8)6-10(15)14-7-12(2,18)11(16)17/h3-5,18H,6-7H2,1-2H3,(H,14,15)(H,16,17). The monoisotopic (exact) mass is 252 g/mol. The molecule has 0 saturated carbocycles. The number of aromatic nitrogens is 1. The van der Waals surface area contributed by atoms with Crippen molar-refractivity contribution in [1.82, 2.24) is 10.3 Å². The van der Waals surface area contributed by atoms with Gasteiger partial charge < -0.3 is 15.5 Å². The second-order valence-corrected chi connectivity index (χ2v) is 4.30. The zero-order chi connectivity index (χ0) is 13.8. The van der Waals surface area contributed by atoms with Crippen LogP contribution in [0.5, 0.6) is 0 Å². The number of amides is 1. The molecule has 0 fully saturated rings. The molecule has 0 aliphatic heterocycles. The fourth-order valence-electron chi connectivity index (χ4n) is 1.26. The number of aliphatic hydroxyl groups is 1. The van der Waals surface area contributed by atoms with Crippen molar-refractivity contribution in [2.45, 2.75) is 25.9 Å². The predicted octanol–water partition coefficient (Wildman–Crippen LogP) is -0.116. The minimum absolute atomic E-state index is 0.0579. The fourth-order valence-corrected chi connectivity index (χ4v) is 1.26. The second kappa shape index (κ2) is 5.59. The van der Waals surface area contributed by atoms with Gasteiger partial charge in [-0.2, -0.15) is 0 Å². The van der Waals surface area contributed by atoms with Gasteiger partial charge in [-0.1, -0.05) is 6.07 Å². The van der Waals surface area contributed by atoms with E-state index in [4.69, 9.17) is 5.11 Å². The number of carbonyl (C=O) groups excluding carboxylic acids is 1. The highest BCUT2D eigenvalue weighted by Gasteiger charge is 2.30. The Balaban J connectivity index is 2.54. The molecular formula is C12H16N2O4. The number of nitrogens with zero attached hydrogens (tertiary/aromatic N) is 1. The van der Waals surface area contributed by atoms with Crippen LogP contribution in [0.3, 0.4) is 0 Å². The van der Waals surface area contributed by atoms with Gasteiger partial charge in [0.2, 0.25) is 5.91 Å². The van der Waals surface area contributed by atoms with E-state index < -0.39 is 11.6 Å². The van der Waals surface area contributed by atoms with Gasteiger partial charge in [-0.15, -0.1) is 0 Å². The number of aryl methyl sites for hydroxylation is 1. The SMILES string of the molecule is Cc1cccnc1CC(=O)NCC(C)(O)C(=O)O. The van der Waals surface area contributed by atoms with Gasteiger partial charge in [0.05, 0.1) is 18.7 Å². The third kappa shape index (κ3) is 3.81. The molecule has 0 aliphatic carbocycles. The minimum atomic E-state index is -1.96. The van der Waals surface area contributed by atoms with Crippen LogP contribution in [0.2, 0.25) is 0 Å². The molecule has 0 bridgehead atoms. The van der Waals surface area contributed by atoms with Gasteiger partial charge in [-0.05, 0) is 25.5 Å². The lowest BCUT2D eigenvalue weighted by Gasteiger charge is -2.18. The molecule has 1 heterocycles. The Bertz CT molecular complexity index is 457. The van der Waals surface area contributed by atoms with Gasteiger partial charge in [0, 0.05) is 6.20 Å². The normalized spacial score (nSPS) is 13.7. The zero-order valence-electron chi connectivity index (χ0n) is 10.3. The van der Waals surface area contributed by atoms with Crippen molar-refractivity contribution in [3.05, 3.63) is 29.6 Å².